The van der Waals surface area contributed by atoms with Crippen molar-refractivity contribution in [1.29, 1.82) is 0 Å². The maximum Gasteiger partial charge on any atom is 0.0131 e. The Morgan fingerprint density at radius 1 is 1.18 bits per heavy atom. The summed E-state index contributed by atoms with van der Waals surface area (Å²) in [5, 5.41) is 2.37. The molecule has 2 heteroatoms. The van der Waals surface area contributed by atoms with E-state index in [9.17, 15) is 0 Å². The van der Waals surface area contributed by atoms with Crippen LogP contribution in [0.2, 0.25) is 0 Å². The fraction of sp³-hybridized carbons (Fsp3) is 1.00. The summed E-state index contributed by atoms with van der Waals surface area (Å²) in [6.45, 7) is 5.90. The van der Waals surface area contributed by atoms with Crippen LogP contribution in [-0.4, -0.2) is 24.6 Å². The van der Waals surface area contributed by atoms with E-state index < -0.39 is 0 Å². The molecule has 1 heterocycles. The zero-order chi connectivity index (χ0) is 7.94. The van der Waals surface area contributed by atoms with Crippen molar-refractivity contribution in [2.45, 2.75) is 39.0 Å². The molecule has 1 N–H and O–H groups in total. The fourth-order valence-electron chi connectivity index (χ4n) is 1.47. The van der Waals surface area contributed by atoms with Crippen molar-refractivity contribution in [3.05, 3.63) is 0 Å². The first-order valence-electron chi connectivity index (χ1n) is 4.92. The van der Waals surface area contributed by atoms with Gasteiger partial charge >= 0.3 is 0 Å². The molecule has 0 aromatic carbocycles. The molecule has 1 saturated heterocycles. The molecular formula is C9H20N2. The number of nitrogens with zero attached hydrogens (tertiary/aromatic N) is 1. The van der Waals surface area contributed by atoms with Crippen LogP contribution in [-0.2, 0) is 0 Å². The fourth-order valence-corrected chi connectivity index (χ4v) is 1.47. The minimum absolute atomic E-state index is 1.16. The Hall–Kier alpha value is -0.0800. The zero-order valence-corrected chi connectivity index (χ0v) is 7.60. The van der Waals surface area contributed by atoms with E-state index in [0.717, 1.165) is 6.54 Å². The third-order valence-corrected chi connectivity index (χ3v) is 2.22. The maximum absolute atomic E-state index is 3.46. The lowest BCUT2D eigenvalue weighted by Crippen LogP contribution is -2.41. The Morgan fingerprint density at radius 3 is 2.55 bits per heavy atom. The SMILES string of the molecule is CCCCNN1CCCCC1. The van der Waals surface area contributed by atoms with Crippen LogP contribution in [0.5, 0.6) is 0 Å². The smallest absolute Gasteiger partial charge is 0.0131 e. The molecule has 0 bridgehead atoms. The van der Waals surface area contributed by atoms with Gasteiger partial charge in [-0.1, -0.05) is 19.8 Å². The predicted molar refractivity (Wildman–Crippen MR) is 48.3 cm³/mol. The maximum atomic E-state index is 3.46. The quantitative estimate of drug-likeness (QED) is 0.624. The van der Waals surface area contributed by atoms with Crippen LogP contribution in [0, 0.1) is 0 Å². The monoisotopic (exact) mass is 156 g/mol. The van der Waals surface area contributed by atoms with E-state index in [1.165, 1.54) is 45.2 Å². The van der Waals surface area contributed by atoms with E-state index in [2.05, 4.69) is 17.4 Å². The highest BCUT2D eigenvalue weighted by molar-refractivity contribution is 4.60. The zero-order valence-electron chi connectivity index (χ0n) is 7.60. The van der Waals surface area contributed by atoms with Crippen LogP contribution in [0.4, 0.5) is 0 Å². The molecule has 11 heavy (non-hydrogen) atoms. The van der Waals surface area contributed by atoms with E-state index in [4.69, 9.17) is 0 Å². The van der Waals surface area contributed by atoms with Crippen LogP contribution < -0.4 is 5.43 Å². The van der Waals surface area contributed by atoms with E-state index in [1.54, 1.807) is 0 Å². The van der Waals surface area contributed by atoms with Crippen molar-refractivity contribution in [2.75, 3.05) is 19.6 Å². The van der Waals surface area contributed by atoms with Crippen molar-refractivity contribution in [3.8, 4) is 0 Å². The van der Waals surface area contributed by atoms with Gasteiger partial charge in [0.25, 0.3) is 0 Å². The number of hydrazine groups is 1. The van der Waals surface area contributed by atoms with Crippen LogP contribution in [0.25, 0.3) is 0 Å². The molecule has 1 rings (SSSR count). The van der Waals surface area contributed by atoms with Crippen molar-refractivity contribution in [1.82, 2.24) is 10.4 Å². The number of unbranched alkanes of at least 4 members (excludes halogenated alkanes) is 1. The first kappa shape index (κ1) is 9.01. The topological polar surface area (TPSA) is 15.3 Å². The van der Waals surface area contributed by atoms with Crippen LogP contribution in [0.1, 0.15) is 39.0 Å². The Kier molecular flexibility index (Phi) is 4.55. The largest absolute Gasteiger partial charge is 0.255 e. The first-order chi connectivity index (χ1) is 5.43. The third-order valence-electron chi connectivity index (χ3n) is 2.22. The third kappa shape index (κ3) is 3.73. The van der Waals surface area contributed by atoms with Crippen molar-refractivity contribution in [3.63, 3.8) is 0 Å². The van der Waals surface area contributed by atoms with Gasteiger partial charge in [-0.05, 0) is 19.3 Å². The van der Waals surface area contributed by atoms with Gasteiger partial charge in [0.15, 0.2) is 0 Å². The summed E-state index contributed by atoms with van der Waals surface area (Å²) in [6.07, 6.45) is 6.77. The van der Waals surface area contributed by atoms with E-state index in [0.29, 0.717) is 0 Å². The minimum atomic E-state index is 1.16. The van der Waals surface area contributed by atoms with Gasteiger partial charge in [-0.15, -0.1) is 0 Å². The van der Waals surface area contributed by atoms with Gasteiger partial charge in [0.2, 0.25) is 0 Å². The van der Waals surface area contributed by atoms with Gasteiger partial charge in [-0.2, -0.15) is 0 Å². The van der Waals surface area contributed by atoms with Gasteiger partial charge in [-0.3, -0.25) is 5.43 Å². The van der Waals surface area contributed by atoms with Gasteiger partial charge in [0.1, 0.15) is 0 Å². The normalized spacial score (nSPS) is 20.5. The summed E-state index contributed by atoms with van der Waals surface area (Å²) in [5.74, 6) is 0. The first-order valence-corrected chi connectivity index (χ1v) is 4.92. The lowest BCUT2D eigenvalue weighted by molar-refractivity contribution is 0.154. The summed E-state index contributed by atoms with van der Waals surface area (Å²) >= 11 is 0. The second-order valence-electron chi connectivity index (χ2n) is 3.31. The highest BCUT2D eigenvalue weighted by Gasteiger charge is 2.07. The molecule has 0 spiro atoms. The molecule has 1 aliphatic rings. The Balaban J connectivity index is 1.96. The molecule has 0 aromatic heterocycles. The number of hydrogen-bond acceptors (Lipinski definition) is 2. The van der Waals surface area contributed by atoms with Crippen LogP contribution in [0.3, 0.4) is 0 Å². The highest BCUT2D eigenvalue weighted by Crippen LogP contribution is 2.05. The van der Waals surface area contributed by atoms with E-state index >= 15 is 0 Å². The Morgan fingerprint density at radius 2 is 1.91 bits per heavy atom. The summed E-state index contributed by atoms with van der Waals surface area (Å²) in [4.78, 5) is 0. The molecule has 1 fully saturated rings. The van der Waals surface area contributed by atoms with Gasteiger partial charge in [0, 0.05) is 19.6 Å². The summed E-state index contributed by atoms with van der Waals surface area (Å²) < 4.78 is 0. The predicted octanol–water partition coefficient (Wildman–Crippen LogP) is 1.78. The lowest BCUT2D eigenvalue weighted by atomic mass is 10.2. The molecule has 0 atom stereocenters. The second kappa shape index (κ2) is 5.56. The molecular weight excluding hydrogens is 136 g/mol. The average Bonchev–Trinajstić information content (AvgIpc) is 2.07. The summed E-state index contributed by atoms with van der Waals surface area (Å²) in [5.41, 5.74) is 3.46. The molecule has 2 nitrogen and oxygen atoms in total. The Bertz CT molecular complexity index is 87.6. The number of hydrogen-bond donors (Lipinski definition) is 1. The van der Waals surface area contributed by atoms with Gasteiger partial charge < -0.3 is 0 Å². The molecule has 0 saturated carbocycles. The van der Waals surface area contributed by atoms with Crippen molar-refractivity contribution in [2.24, 2.45) is 0 Å². The average molecular weight is 156 g/mol. The number of piperidine rings is 1. The van der Waals surface area contributed by atoms with E-state index in [1.807, 2.05) is 0 Å². The highest BCUT2D eigenvalue weighted by atomic mass is 15.5. The molecule has 0 radical (unpaired) electrons. The minimum Gasteiger partial charge on any atom is -0.255 e. The molecule has 0 aromatic rings. The standard InChI is InChI=1S/C9H20N2/c1-2-3-7-10-11-8-5-4-6-9-11/h10H,2-9H2,1H3. The van der Waals surface area contributed by atoms with Crippen molar-refractivity contribution >= 4 is 0 Å². The van der Waals surface area contributed by atoms with E-state index in [-0.39, 0.29) is 0 Å². The Labute approximate surface area is 69.9 Å². The molecule has 0 unspecified atom stereocenters. The number of rotatable bonds is 4. The summed E-state index contributed by atoms with van der Waals surface area (Å²) in [6, 6.07) is 0. The summed E-state index contributed by atoms with van der Waals surface area (Å²) in [7, 11) is 0. The second-order valence-corrected chi connectivity index (χ2v) is 3.31. The van der Waals surface area contributed by atoms with Gasteiger partial charge in [-0.25, -0.2) is 5.01 Å². The lowest BCUT2D eigenvalue weighted by Gasteiger charge is -2.26. The molecule has 0 amide bonds. The van der Waals surface area contributed by atoms with Gasteiger partial charge in [0.05, 0.1) is 0 Å². The molecule has 1 aliphatic heterocycles. The molecule has 0 aliphatic carbocycles. The van der Waals surface area contributed by atoms with Crippen LogP contribution in [0.15, 0.2) is 0 Å². The number of nitrogens with one attached hydrogen (secondary N) is 1. The van der Waals surface area contributed by atoms with Crippen molar-refractivity contribution < 1.29 is 0 Å². The van der Waals surface area contributed by atoms with Crippen LogP contribution >= 0.6 is 0 Å². The molecule has 66 valence electrons.